The van der Waals surface area contributed by atoms with Gasteiger partial charge in [-0.2, -0.15) is 13.2 Å². The van der Waals surface area contributed by atoms with Crippen LogP contribution in [-0.4, -0.2) is 55.6 Å². The average Bonchev–Trinajstić information content (AvgIpc) is 2.84. The lowest BCUT2D eigenvalue weighted by molar-refractivity contribution is -0.0685. The molecule has 0 saturated carbocycles. The second kappa shape index (κ2) is 10.8. The van der Waals surface area contributed by atoms with E-state index in [1.807, 2.05) is 0 Å². The zero-order valence-corrected chi connectivity index (χ0v) is 18.6. The van der Waals surface area contributed by atoms with E-state index in [2.05, 4.69) is 4.90 Å². The van der Waals surface area contributed by atoms with Crippen LogP contribution in [0, 0.1) is 0 Å². The Morgan fingerprint density at radius 1 is 0.824 bits per heavy atom. The number of allylic oxidation sites excluding steroid dienone is 1. The SMILES string of the molecule is Oc1ccc(/C(=C(/c2ccccc2)C(F)(F)F)c2ccc(OCCN3CCOCC3)cc2)cc1. The van der Waals surface area contributed by atoms with Crippen molar-refractivity contribution in [2.45, 2.75) is 6.18 Å². The summed E-state index contributed by atoms with van der Waals surface area (Å²) in [4.78, 5) is 2.25. The van der Waals surface area contributed by atoms with E-state index in [4.69, 9.17) is 9.47 Å². The van der Waals surface area contributed by atoms with E-state index < -0.39 is 11.7 Å². The van der Waals surface area contributed by atoms with Crippen molar-refractivity contribution in [3.63, 3.8) is 0 Å². The van der Waals surface area contributed by atoms with Crippen LogP contribution in [0.4, 0.5) is 13.2 Å². The van der Waals surface area contributed by atoms with Crippen molar-refractivity contribution in [3.8, 4) is 11.5 Å². The molecule has 1 N–H and O–H groups in total. The number of halogens is 3. The molecule has 1 heterocycles. The number of phenols is 1. The van der Waals surface area contributed by atoms with E-state index in [0.29, 0.717) is 36.7 Å². The van der Waals surface area contributed by atoms with Crippen LogP contribution in [0.15, 0.2) is 78.9 Å². The zero-order valence-electron chi connectivity index (χ0n) is 18.6. The molecule has 3 aromatic rings. The van der Waals surface area contributed by atoms with Crippen LogP contribution < -0.4 is 4.74 Å². The van der Waals surface area contributed by atoms with Gasteiger partial charge < -0.3 is 14.6 Å². The number of rotatable bonds is 7. The summed E-state index contributed by atoms with van der Waals surface area (Å²) < 4.78 is 54.3. The summed E-state index contributed by atoms with van der Waals surface area (Å²) >= 11 is 0. The molecule has 0 aromatic heterocycles. The maximum atomic E-state index is 14.4. The molecule has 1 fully saturated rings. The predicted octanol–water partition coefficient (Wildman–Crippen LogP) is 5.62. The van der Waals surface area contributed by atoms with E-state index >= 15 is 0 Å². The lowest BCUT2D eigenvalue weighted by Crippen LogP contribution is -2.38. The molecule has 0 spiro atoms. The van der Waals surface area contributed by atoms with Crippen molar-refractivity contribution in [1.82, 2.24) is 4.90 Å². The highest BCUT2D eigenvalue weighted by Crippen LogP contribution is 2.43. The molecule has 3 aromatic carbocycles. The number of aromatic hydroxyl groups is 1. The summed E-state index contributed by atoms with van der Waals surface area (Å²) in [5, 5.41) is 9.67. The molecule has 34 heavy (non-hydrogen) atoms. The fourth-order valence-electron chi connectivity index (χ4n) is 3.97. The smallest absolute Gasteiger partial charge is 0.417 e. The fourth-order valence-corrected chi connectivity index (χ4v) is 3.97. The summed E-state index contributed by atoms with van der Waals surface area (Å²) in [5.74, 6) is 0.579. The molecule has 4 nitrogen and oxygen atoms in total. The third-order valence-electron chi connectivity index (χ3n) is 5.67. The molecular weight excluding hydrogens is 443 g/mol. The Bertz CT molecular complexity index is 1090. The van der Waals surface area contributed by atoms with E-state index in [1.54, 1.807) is 42.5 Å². The molecule has 4 rings (SSSR count). The van der Waals surface area contributed by atoms with Gasteiger partial charge in [0.2, 0.25) is 0 Å². The lowest BCUT2D eigenvalue weighted by Gasteiger charge is -2.26. The van der Waals surface area contributed by atoms with Gasteiger partial charge in [0, 0.05) is 25.2 Å². The number of benzene rings is 3. The highest BCUT2D eigenvalue weighted by molar-refractivity contribution is 6.00. The first-order valence-electron chi connectivity index (χ1n) is 11.1. The first-order chi connectivity index (χ1) is 16.4. The Labute approximate surface area is 196 Å². The van der Waals surface area contributed by atoms with E-state index in [0.717, 1.165) is 19.6 Å². The van der Waals surface area contributed by atoms with Crippen molar-refractivity contribution in [2.75, 3.05) is 39.5 Å². The third-order valence-corrected chi connectivity index (χ3v) is 5.67. The Hall–Kier alpha value is -3.29. The standard InChI is InChI=1S/C27H26F3NO3/c28-27(29,30)26(22-4-2-1-3-5-22)25(20-6-10-23(32)11-7-20)21-8-12-24(13-9-21)34-19-16-31-14-17-33-18-15-31/h1-13,32H,14-19H2/b26-25+. The van der Waals surface area contributed by atoms with Crippen LogP contribution >= 0.6 is 0 Å². The van der Waals surface area contributed by atoms with Crippen molar-refractivity contribution in [1.29, 1.82) is 0 Å². The predicted molar refractivity (Wildman–Crippen MR) is 126 cm³/mol. The number of nitrogens with zero attached hydrogens (tertiary/aromatic N) is 1. The maximum absolute atomic E-state index is 14.4. The van der Waals surface area contributed by atoms with Gasteiger partial charge in [-0.1, -0.05) is 54.6 Å². The summed E-state index contributed by atoms with van der Waals surface area (Å²) in [6, 6.07) is 20.2. The van der Waals surface area contributed by atoms with Crippen LogP contribution in [-0.2, 0) is 4.74 Å². The van der Waals surface area contributed by atoms with Gasteiger partial charge in [-0.25, -0.2) is 0 Å². The second-order valence-corrected chi connectivity index (χ2v) is 7.99. The quantitative estimate of drug-likeness (QED) is 0.456. The van der Waals surface area contributed by atoms with E-state index in [-0.39, 0.29) is 16.9 Å². The minimum atomic E-state index is -4.60. The number of hydrogen-bond donors (Lipinski definition) is 1. The van der Waals surface area contributed by atoms with Crippen LogP contribution in [0.3, 0.4) is 0 Å². The summed E-state index contributed by atoms with van der Waals surface area (Å²) in [6.07, 6.45) is -4.60. The molecule has 1 saturated heterocycles. The average molecular weight is 470 g/mol. The van der Waals surface area contributed by atoms with Crippen molar-refractivity contribution >= 4 is 11.1 Å². The first kappa shape index (κ1) is 23.9. The molecule has 0 unspecified atom stereocenters. The second-order valence-electron chi connectivity index (χ2n) is 7.99. The monoisotopic (exact) mass is 469 g/mol. The zero-order chi connectivity index (χ0) is 24.0. The summed E-state index contributed by atoms with van der Waals surface area (Å²) in [5.41, 5.74) is 0.139. The number of ether oxygens (including phenoxy) is 2. The van der Waals surface area contributed by atoms with Gasteiger partial charge in [0.1, 0.15) is 18.1 Å². The Morgan fingerprint density at radius 2 is 1.41 bits per heavy atom. The highest BCUT2D eigenvalue weighted by atomic mass is 19.4. The van der Waals surface area contributed by atoms with Crippen LogP contribution in [0.1, 0.15) is 16.7 Å². The number of phenolic OH excluding ortho intramolecular Hbond substituents is 1. The van der Waals surface area contributed by atoms with Crippen molar-refractivity contribution < 1.29 is 27.8 Å². The van der Waals surface area contributed by atoms with Gasteiger partial charge >= 0.3 is 6.18 Å². The third kappa shape index (κ3) is 5.98. The van der Waals surface area contributed by atoms with Crippen molar-refractivity contribution in [2.24, 2.45) is 0 Å². The molecule has 178 valence electrons. The molecular formula is C27H26F3NO3. The normalized spacial score (nSPS) is 15.6. The van der Waals surface area contributed by atoms with Gasteiger partial charge in [0.05, 0.1) is 18.8 Å². The van der Waals surface area contributed by atoms with Gasteiger partial charge in [-0.15, -0.1) is 0 Å². The minimum absolute atomic E-state index is 0.0135. The van der Waals surface area contributed by atoms with Gasteiger partial charge in [-0.3, -0.25) is 4.90 Å². The number of alkyl halides is 3. The minimum Gasteiger partial charge on any atom is -0.508 e. The topological polar surface area (TPSA) is 41.9 Å². The maximum Gasteiger partial charge on any atom is 0.417 e. The summed E-state index contributed by atoms with van der Waals surface area (Å²) in [7, 11) is 0. The molecule has 0 amide bonds. The fraction of sp³-hybridized carbons (Fsp3) is 0.259. The molecule has 0 bridgehead atoms. The van der Waals surface area contributed by atoms with Gasteiger partial charge in [-0.05, 0) is 41.0 Å². The molecule has 0 radical (unpaired) electrons. The van der Waals surface area contributed by atoms with Crippen LogP contribution in [0.2, 0.25) is 0 Å². The number of hydrogen-bond acceptors (Lipinski definition) is 4. The molecule has 1 aliphatic heterocycles. The molecule has 7 heteroatoms. The Balaban J connectivity index is 1.66. The highest BCUT2D eigenvalue weighted by Gasteiger charge is 2.38. The van der Waals surface area contributed by atoms with Gasteiger partial charge in [0.25, 0.3) is 0 Å². The largest absolute Gasteiger partial charge is 0.508 e. The van der Waals surface area contributed by atoms with Crippen LogP contribution in [0.5, 0.6) is 11.5 Å². The van der Waals surface area contributed by atoms with Gasteiger partial charge in [0.15, 0.2) is 0 Å². The Kier molecular flexibility index (Phi) is 7.55. The summed E-state index contributed by atoms with van der Waals surface area (Å²) in [6.45, 7) is 4.40. The van der Waals surface area contributed by atoms with E-state index in [1.165, 1.54) is 36.4 Å². The molecule has 0 atom stereocenters. The lowest BCUT2D eigenvalue weighted by atomic mass is 9.89. The van der Waals surface area contributed by atoms with Crippen molar-refractivity contribution in [3.05, 3.63) is 95.6 Å². The molecule has 1 aliphatic rings. The number of morpholine rings is 1. The van der Waals surface area contributed by atoms with Crippen LogP contribution in [0.25, 0.3) is 11.1 Å². The molecule has 0 aliphatic carbocycles. The first-order valence-corrected chi connectivity index (χ1v) is 11.1. The Morgan fingerprint density at radius 3 is 2.00 bits per heavy atom. The van der Waals surface area contributed by atoms with E-state index in [9.17, 15) is 18.3 Å².